The maximum absolute atomic E-state index is 12.5. The molecule has 2 aromatic carbocycles. The van der Waals surface area contributed by atoms with Crippen LogP contribution < -0.4 is 5.32 Å². The van der Waals surface area contributed by atoms with Crippen molar-refractivity contribution in [1.82, 2.24) is 0 Å². The molecule has 0 saturated heterocycles. The minimum Gasteiger partial charge on any atom is -0.366 e. The second-order valence-electron chi connectivity index (χ2n) is 4.49. The maximum Gasteiger partial charge on any atom is 0.263 e. The largest absolute Gasteiger partial charge is 0.366 e. The molecule has 2 nitrogen and oxygen atoms in total. The predicted molar refractivity (Wildman–Crippen MR) is 74.6 cm³/mol. The summed E-state index contributed by atoms with van der Waals surface area (Å²) in [7, 11) is 0. The lowest BCUT2D eigenvalue weighted by Gasteiger charge is -2.15. The highest BCUT2D eigenvalue weighted by atomic mass is 19.3. The Morgan fingerprint density at radius 2 is 1.60 bits per heavy atom. The van der Waals surface area contributed by atoms with Crippen molar-refractivity contribution in [3.8, 4) is 6.07 Å². The lowest BCUT2D eigenvalue weighted by atomic mass is 10.0. The van der Waals surface area contributed by atoms with Crippen LogP contribution in [0, 0.1) is 18.3 Å². The van der Waals surface area contributed by atoms with Gasteiger partial charge in [-0.1, -0.05) is 42.5 Å². The highest BCUT2D eigenvalue weighted by molar-refractivity contribution is 5.53. The van der Waals surface area contributed by atoms with E-state index in [1.807, 2.05) is 31.2 Å². The van der Waals surface area contributed by atoms with Crippen molar-refractivity contribution in [2.75, 3.05) is 5.32 Å². The van der Waals surface area contributed by atoms with Gasteiger partial charge in [0, 0.05) is 11.3 Å². The van der Waals surface area contributed by atoms with Crippen molar-refractivity contribution in [2.24, 2.45) is 0 Å². The van der Waals surface area contributed by atoms with Crippen LogP contribution in [0.25, 0.3) is 0 Å². The number of hydrogen-bond donors (Lipinski definition) is 1. The van der Waals surface area contributed by atoms with Crippen molar-refractivity contribution in [2.45, 2.75) is 19.4 Å². The molecule has 2 rings (SSSR count). The first-order valence-corrected chi connectivity index (χ1v) is 6.21. The summed E-state index contributed by atoms with van der Waals surface area (Å²) in [6, 6.07) is 15.0. The van der Waals surface area contributed by atoms with Gasteiger partial charge in [-0.2, -0.15) is 5.26 Å². The summed E-state index contributed by atoms with van der Waals surface area (Å²) < 4.78 is 25.0. The molecule has 1 N–H and O–H groups in total. The number of nitrogens with one attached hydrogen (secondary N) is 1. The van der Waals surface area contributed by atoms with Gasteiger partial charge < -0.3 is 5.32 Å². The van der Waals surface area contributed by atoms with Gasteiger partial charge in [-0.25, -0.2) is 8.78 Å². The van der Waals surface area contributed by atoms with E-state index >= 15 is 0 Å². The molecule has 20 heavy (non-hydrogen) atoms. The standard InChI is InChI=1S/C16H14F2N2/c1-11-4-2-3-5-14(11)20-15(10-19)12-6-8-13(9-7-12)16(17)18/h2-9,15-16,20H,1H3. The zero-order chi connectivity index (χ0) is 14.5. The SMILES string of the molecule is Cc1ccccc1NC(C#N)c1ccc(C(F)F)cc1. The Morgan fingerprint density at radius 3 is 2.15 bits per heavy atom. The van der Waals surface area contributed by atoms with Gasteiger partial charge in [0.2, 0.25) is 0 Å². The van der Waals surface area contributed by atoms with E-state index in [-0.39, 0.29) is 5.56 Å². The number of anilines is 1. The second-order valence-corrected chi connectivity index (χ2v) is 4.49. The van der Waals surface area contributed by atoms with E-state index < -0.39 is 12.5 Å². The zero-order valence-electron chi connectivity index (χ0n) is 11.0. The summed E-state index contributed by atoms with van der Waals surface area (Å²) in [4.78, 5) is 0. The average Bonchev–Trinajstić information content (AvgIpc) is 2.46. The van der Waals surface area contributed by atoms with Crippen molar-refractivity contribution in [1.29, 1.82) is 5.26 Å². The number of para-hydroxylation sites is 1. The van der Waals surface area contributed by atoms with Crippen LogP contribution in [0.3, 0.4) is 0 Å². The van der Waals surface area contributed by atoms with E-state index in [0.29, 0.717) is 5.56 Å². The number of nitrogens with zero attached hydrogens (tertiary/aromatic N) is 1. The van der Waals surface area contributed by atoms with Gasteiger partial charge in [-0.05, 0) is 24.1 Å². The van der Waals surface area contributed by atoms with Crippen LogP contribution in [-0.2, 0) is 0 Å². The molecule has 4 heteroatoms. The molecule has 0 bridgehead atoms. The van der Waals surface area contributed by atoms with Crippen LogP contribution in [-0.4, -0.2) is 0 Å². The molecule has 0 aliphatic rings. The topological polar surface area (TPSA) is 35.8 Å². The fraction of sp³-hybridized carbons (Fsp3) is 0.188. The Hall–Kier alpha value is -2.41. The third-order valence-corrected chi connectivity index (χ3v) is 3.10. The molecule has 0 radical (unpaired) electrons. The first-order valence-electron chi connectivity index (χ1n) is 6.21. The highest BCUT2D eigenvalue weighted by Gasteiger charge is 2.13. The first-order chi connectivity index (χ1) is 9.61. The number of hydrogen-bond acceptors (Lipinski definition) is 2. The van der Waals surface area contributed by atoms with Crippen LogP contribution in [0.15, 0.2) is 48.5 Å². The van der Waals surface area contributed by atoms with E-state index in [1.54, 1.807) is 12.1 Å². The smallest absolute Gasteiger partial charge is 0.263 e. The summed E-state index contributed by atoms with van der Waals surface area (Å²) in [5, 5.41) is 12.4. The first kappa shape index (κ1) is 14.0. The predicted octanol–water partition coefficient (Wildman–Crippen LogP) is 4.61. The molecule has 0 aliphatic carbocycles. The molecule has 0 aliphatic heterocycles. The van der Waals surface area contributed by atoms with E-state index in [1.165, 1.54) is 12.1 Å². The van der Waals surface area contributed by atoms with Crippen molar-refractivity contribution in [3.05, 3.63) is 65.2 Å². The third-order valence-electron chi connectivity index (χ3n) is 3.10. The maximum atomic E-state index is 12.5. The van der Waals surface area contributed by atoms with Gasteiger partial charge in [0.1, 0.15) is 6.04 Å². The fourth-order valence-electron chi connectivity index (χ4n) is 1.91. The van der Waals surface area contributed by atoms with Crippen molar-refractivity contribution < 1.29 is 8.78 Å². The Labute approximate surface area is 116 Å². The summed E-state index contributed by atoms with van der Waals surface area (Å²) in [5.74, 6) is 0. The van der Waals surface area contributed by atoms with Gasteiger partial charge in [0.15, 0.2) is 0 Å². The minimum absolute atomic E-state index is 0.0404. The van der Waals surface area contributed by atoms with E-state index in [9.17, 15) is 14.0 Å². The zero-order valence-corrected chi connectivity index (χ0v) is 11.0. The molecule has 1 atom stereocenters. The Kier molecular flexibility index (Phi) is 4.31. The molecule has 0 heterocycles. The molecule has 2 aromatic rings. The number of alkyl halides is 2. The number of benzene rings is 2. The number of rotatable bonds is 4. The van der Waals surface area contributed by atoms with Gasteiger partial charge in [-0.3, -0.25) is 0 Å². The van der Waals surface area contributed by atoms with Gasteiger partial charge in [0.05, 0.1) is 6.07 Å². The van der Waals surface area contributed by atoms with E-state index in [2.05, 4.69) is 11.4 Å². The molecule has 0 spiro atoms. The molecular weight excluding hydrogens is 258 g/mol. The van der Waals surface area contributed by atoms with Crippen LogP contribution in [0.1, 0.15) is 29.2 Å². The molecule has 0 aromatic heterocycles. The Balaban J connectivity index is 2.21. The van der Waals surface area contributed by atoms with Crippen molar-refractivity contribution in [3.63, 3.8) is 0 Å². The molecule has 0 amide bonds. The van der Waals surface area contributed by atoms with E-state index in [4.69, 9.17) is 0 Å². The van der Waals surface area contributed by atoms with Gasteiger partial charge in [-0.15, -0.1) is 0 Å². The number of aryl methyl sites for hydroxylation is 1. The summed E-state index contributed by atoms with van der Waals surface area (Å²) in [6.45, 7) is 1.94. The fourth-order valence-corrected chi connectivity index (χ4v) is 1.91. The molecule has 1 unspecified atom stereocenters. The quantitative estimate of drug-likeness (QED) is 0.882. The summed E-state index contributed by atoms with van der Waals surface area (Å²) >= 11 is 0. The molecule has 102 valence electrons. The molecule has 0 fully saturated rings. The average molecular weight is 272 g/mol. The lowest BCUT2D eigenvalue weighted by molar-refractivity contribution is 0.151. The number of nitriles is 1. The van der Waals surface area contributed by atoms with Gasteiger partial charge in [0.25, 0.3) is 6.43 Å². The van der Waals surface area contributed by atoms with Crippen molar-refractivity contribution >= 4 is 5.69 Å². The van der Waals surface area contributed by atoms with Crippen LogP contribution in [0.4, 0.5) is 14.5 Å². The summed E-state index contributed by atoms with van der Waals surface area (Å²) in [6.07, 6.45) is -2.49. The highest BCUT2D eigenvalue weighted by Crippen LogP contribution is 2.24. The molecular formula is C16H14F2N2. The Bertz CT molecular complexity index is 615. The third kappa shape index (κ3) is 3.12. The van der Waals surface area contributed by atoms with E-state index in [0.717, 1.165) is 11.3 Å². The lowest BCUT2D eigenvalue weighted by Crippen LogP contribution is -2.09. The Morgan fingerprint density at radius 1 is 1.00 bits per heavy atom. The van der Waals surface area contributed by atoms with Crippen LogP contribution >= 0.6 is 0 Å². The van der Waals surface area contributed by atoms with Crippen LogP contribution in [0.5, 0.6) is 0 Å². The minimum atomic E-state index is -2.49. The monoisotopic (exact) mass is 272 g/mol. The normalized spacial score (nSPS) is 11.9. The summed E-state index contributed by atoms with van der Waals surface area (Å²) in [5.41, 5.74) is 2.51. The van der Waals surface area contributed by atoms with Crippen LogP contribution in [0.2, 0.25) is 0 Å². The van der Waals surface area contributed by atoms with Gasteiger partial charge >= 0.3 is 0 Å². The second kappa shape index (κ2) is 6.16. The molecule has 0 saturated carbocycles. The number of halogens is 2.